The molecule has 0 bridgehead atoms. The van der Waals surface area contributed by atoms with Crippen LogP contribution in [0.25, 0.3) is 0 Å². The van der Waals surface area contributed by atoms with E-state index in [4.69, 9.17) is 10.5 Å². The highest BCUT2D eigenvalue weighted by molar-refractivity contribution is 7.61. The first kappa shape index (κ1) is 26.0. The minimum atomic E-state index is -5.11. The van der Waals surface area contributed by atoms with Crippen molar-refractivity contribution in [1.29, 1.82) is 0 Å². The van der Waals surface area contributed by atoms with E-state index in [-0.39, 0.29) is 12.4 Å². The molecule has 6 atom stereocenters. The molecule has 17 heteroatoms. The molecule has 1 aromatic rings. The van der Waals surface area contributed by atoms with Crippen LogP contribution in [0.1, 0.15) is 6.23 Å². The number of hydrogen-bond donors (Lipinski definition) is 5. The molecule has 2 unspecified atom stereocenters. The Bertz CT molecular complexity index is 920. The molecular formula is C14H27N4O11P2+. The second-order valence-electron chi connectivity index (χ2n) is 7.75. The average Bonchev–Trinajstić information content (AvgIpc) is 2.86. The predicted molar refractivity (Wildman–Crippen MR) is 104 cm³/mol. The smallest absolute Gasteiger partial charge is 0.387 e. The van der Waals surface area contributed by atoms with Gasteiger partial charge >= 0.3 is 21.3 Å². The second kappa shape index (κ2) is 9.73. The molecule has 0 aromatic carbocycles. The number of ether oxygens (including phenoxy) is 1. The number of rotatable bonds is 10. The highest BCUT2D eigenvalue weighted by Gasteiger charge is 2.46. The Kier molecular flexibility index (Phi) is 8.17. The number of quaternary nitrogens is 1. The van der Waals surface area contributed by atoms with E-state index in [9.17, 15) is 33.9 Å². The Morgan fingerprint density at radius 1 is 1.19 bits per heavy atom. The van der Waals surface area contributed by atoms with Gasteiger partial charge in [0.15, 0.2) is 6.23 Å². The zero-order chi connectivity index (χ0) is 23.6. The third-order valence-corrected chi connectivity index (χ3v) is 6.72. The average molecular weight is 489 g/mol. The molecule has 2 rings (SSSR count). The number of aromatic nitrogens is 2. The van der Waals surface area contributed by atoms with Crippen LogP contribution in [0, 0.1) is 0 Å². The highest BCUT2D eigenvalue weighted by atomic mass is 31.3. The normalized spacial score (nSPS) is 28.2. The van der Waals surface area contributed by atoms with Crippen molar-refractivity contribution in [3.8, 4) is 0 Å². The number of hydrogen-bond acceptors (Lipinski definition) is 11. The van der Waals surface area contributed by atoms with E-state index in [2.05, 4.69) is 18.3 Å². The largest absolute Gasteiger partial charge is 0.481 e. The molecule has 0 amide bonds. The number of anilines is 1. The van der Waals surface area contributed by atoms with Gasteiger partial charge in [-0.25, -0.2) is 13.9 Å². The fraction of sp³-hybridized carbons (Fsp3) is 0.714. The van der Waals surface area contributed by atoms with Crippen molar-refractivity contribution < 1.29 is 51.7 Å². The predicted octanol–water partition coefficient (Wildman–Crippen LogP) is -1.60. The fourth-order valence-corrected chi connectivity index (χ4v) is 4.56. The van der Waals surface area contributed by atoms with Crippen molar-refractivity contribution in [3.63, 3.8) is 0 Å². The van der Waals surface area contributed by atoms with Crippen LogP contribution in [0.4, 0.5) is 5.82 Å². The second-order valence-corrected chi connectivity index (χ2v) is 10.8. The molecule has 0 aliphatic carbocycles. The van der Waals surface area contributed by atoms with Gasteiger partial charge in [0, 0.05) is 6.20 Å². The van der Waals surface area contributed by atoms with Crippen molar-refractivity contribution in [3.05, 3.63) is 22.7 Å². The number of aliphatic hydroxyl groups is 2. The third kappa shape index (κ3) is 7.70. The minimum absolute atomic E-state index is 0.0652. The van der Waals surface area contributed by atoms with Gasteiger partial charge in [0.1, 0.15) is 37.3 Å². The molecule has 1 fully saturated rings. The molecule has 31 heavy (non-hydrogen) atoms. The van der Waals surface area contributed by atoms with Crippen molar-refractivity contribution in [2.24, 2.45) is 0 Å². The van der Waals surface area contributed by atoms with E-state index < -0.39 is 52.5 Å². The summed E-state index contributed by atoms with van der Waals surface area (Å²) in [6, 6.07) is 1.26. The van der Waals surface area contributed by atoms with Crippen molar-refractivity contribution >= 4 is 21.5 Å². The van der Waals surface area contributed by atoms with E-state index in [0.29, 0.717) is 11.0 Å². The molecule has 0 radical (unpaired) electrons. The lowest BCUT2D eigenvalue weighted by molar-refractivity contribution is -0.870. The van der Waals surface area contributed by atoms with Gasteiger partial charge in [0.2, 0.25) is 0 Å². The van der Waals surface area contributed by atoms with Gasteiger partial charge in [-0.1, -0.05) is 0 Å². The first-order valence-corrected chi connectivity index (χ1v) is 11.9. The molecule has 15 nitrogen and oxygen atoms in total. The quantitative estimate of drug-likeness (QED) is 0.185. The SMILES string of the molecule is C[N+](C)(C)CCOP(=O)(O)OP(=O)(O)OC[C@@H]1O[C@H](n2ccc(N)nc2=O)[C@@H](O)[C@@H]1O. The van der Waals surface area contributed by atoms with Crippen LogP contribution in [-0.4, -0.2) is 93.2 Å². The lowest BCUT2D eigenvalue weighted by Crippen LogP contribution is -2.37. The lowest BCUT2D eigenvalue weighted by Gasteiger charge is -2.24. The third-order valence-electron chi connectivity index (χ3n) is 4.09. The van der Waals surface area contributed by atoms with Crippen LogP contribution in [0.3, 0.4) is 0 Å². The molecular weight excluding hydrogens is 462 g/mol. The van der Waals surface area contributed by atoms with Gasteiger partial charge in [-0.15, -0.1) is 0 Å². The Balaban J connectivity index is 1.96. The zero-order valence-electron chi connectivity index (χ0n) is 17.0. The van der Waals surface area contributed by atoms with Crippen molar-refractivity contribution in [2.45, 2.75) is 24.5 Å². The summed E-state index contributed by atoms with van der Waals surface area (Å²) in [5.74, 6) is -0.0652. The van der Waals surface area contributed by atoms with E-state index in [1.165, 1.54) is 12.3 Å². The number of nitrogens with zero attached hydrogens (tertiary/aromatic N) is 3. The van der Waals surface area contributed by atoms with Gasteiger partial charge in [-0.3, -0.25) is 13.6 Å². The van der Waals surface area contributed by atoms with Crippen LogP contribution >= 0.6 is 15.6 Å². The zero-order valence-corrected chi connectivity index (χ0v) is 18.8. The number of likely N-dealkylation sites (N-methyl/N-ethyl adjacent to an activating group) is 1. The summed E-state index contributed by atoms with van der Waals surface area (Å²) in [5, 5.41) is 20.2. The van der Waals surface area contributed by atoms with Crippen molar-refractivity contribution in [1.82, 2.24) is 9.55 Å². The summed E-state index contributed by atoms with van der Waals surface area (Å²) >= 11 is 0. The summed E-state index contributed by atoms with van der Waals surface area (Å²) in [5.41, 5.74) is 4.53. The van der Waals surface area contributed by atoms with Gasteiger partial charge in [-0.2, -0.15) is 9.29 Å². The van der Waals surface area contributed by atoms with E-state index in [1.807, 2.05) is 0 Å². The van der Waals surface area contributed by atoms with Gasteiger partial charge in [0.25, 0.3) is 0 Å². The maximum absolute atomic E-state index is 12.0. The summed E-state index contributed by atoms with van der Waals surface area (Å²) in [6.07, 6.45) is -4.82. The van der Waals surface area contributed by atoms with Crippen molar-refractivity contribution in [2.75, 3.05) is 46.6 Å². The number of nitrogen functional groups attached to an aromatic ring is 1. The summed E-state index contributed by atoms with van der Waals surface area (Å²) in [6.45, 7) is -0.746. The molecule has 1 aliphatic rings. The lowest BCUT2D eigenvalue weighted by atomic mass is 10.1. The monoisotopic (exact) mass is 489 g/mol. The maximum atomic E-state index is 12.0. The standard InChI is InChI=1S/C14H26N4O11P2/c1-18(2,3)6-7-26-30(22,23)29-31(24,25)27-8-9-11(19)12(20)13(28-9)17-5-4-10(15)16-14(17)21/h4-5,9,11-13,19-20H,6-8H2,1-3H3,(H3-,15,16,21,22,23,24,25)/p+1/t9-,11+,12-,13-/m0/s1. The molecule has 6 N–H and O–H groups in total. The van der Waals surface area contributed by atoms with E-state index >= 15 is 0 Å². The number of nitrogens with two attached hydrogens (primary N) is 1. The first-order valence-electron chi connectivity index (χ1n) is 8.93. The minimum Gasteiger partial charge on any atom is -0.387 e. The van der Waals surface area contributed by atoms with Crippen LogP contribution in [-0.2, 0) is 27.2 Å². The van der Waals surface area contributed by atoms with Crippen LogP contribution in [0.15, 0.2) is 17.1 Å². The van der Waals surface area contributed by atoms with Crippen LogP contribution < -0.4 is 11.4 Å². The van der Waals surface area contributed by atoms with Gasteiger partial charge < -0.3 is 35.0 Å². The molecule has 1 saturated heterocycles. The molecule has 2 heterocycles. The number of phosphoric ester groups is 2. The molecule has 1 aromatic heterocycles. The molecule has 0 spiro atoms. The first-order chi connectivity index (χ1) is 14.1. The van der Waals surface area contributed by atoms with Gasteiger partial charge in [-0.05, 0) is 6.07 Å². The summed E-state index contributed by atoms with van der Waals surface area (Å²) < 4.78 is 43.9. The number of aliphatic hydroxyl groups excluding tert-OH is 2. The Morgan fingerprint density at radius 2 is 1.81 bits per heavy atom. The Labute approximate surface area is 177 Å². The van der Waals surface area contributed by atoms with Crippen LogP contribution in [0.5, 0.6) is 0 Å². The Morgan fingerprint density at radius 3 is 2.39 bits per heavy atom. The summed E-state index contributed by atoms with van der Waals surface area (Å²) in [7, 11) is -4.64. The molecule has 1 aliphatic heterocycles. The van der Waals surface area contributed by atoms with Crippen LogP contribution in [0.2, 0.25) is 0 Å². The fourth-order valence-electron chi connectivity index (χ4n) is 2.49. The number of phosphoric acid groups is 2. The maximum Gasteiger partial charge on any atom is 0.481 e. The topological polar surface area (TPSA) is 213 Å². The summed E-state index contributed by atoms with van der Waals surface area (Å²) in [4.78, 5) is 34.7. The van der Waals surface area contributed by atoms with E-state index in [0.717, 1.165) is 4.57 Å². The van der Waals surface area contributed by atoms with E-state index in [1.54, 1.807) is 21.1 Å². The highest BCUT2D eigenvalue weighted by Crippen LogP contribution is 2.60. The molecule has 178 valence electrons. The van der Waals surface area contributed by atoms with Gasteiger partial charge in [0.05, 0.1) is 27.7 Å². The molecule has 0 saturated carbocycles. The Hall–Kier alpha value is -1.22.